The minimum atomic E-state index is -0.457. The second-order valence-corrected chi connectivity index (χ2v) is 7.16. The zero-order valence-electron chi connectivity index (χ0n) is 16.4. The van der Waals surface area contributed by atoms with Crippen LogP contribution in [0.4, 0.5) is 8.78 Å². The van der Waals surface area contributed by atoms with Gasteiger partial charge in [0.1, 0.15) is 18.0 Å². The van der Waals surface area contributed by atoms with Crippen LogP contribution < -0.4 is 0 Å². The number of ketones is 2. The van der Waals surface area contributed by atoms with Gasteiger partial charge in [-0.15, -0.1) is 0 Å². The summed E-state index contributed by atoms with van der Waals surface area (Å²) in [7, 11) is 0. The lowest BCUT2D eigenvalue weighted by molar-refractivity contribution is 0.0888. The standard InChI is InChI=1S/C23H18F2N4O2/c24-18-5-1-15(2-6-18)9-17-12-29(11-16-3-7-19(25)8-4-16)13-20(17)21(30)10-22(31)23-26-14-27-28-23/h1-8,12-14H,9-11H2,(H,26,27,28). The Morgan fingerprint density at radius 1 is 0.871 bits per heavy atom. The van der Waals surface area contributed by atoms with Crippen molar-refractivity contribution in [1.29, 1.82) is 0 Å². The number of H-pyrrole nitrogens is 1. The van der Waals surface area contributed by atoms with Gasteiger partial charge in [-0.05, 0) is 47.4 Å². The molecule has 0 aliphatic carbocycles. The van der Waals surface area contributed by atoms with Crippen LogP contribution in [-0.4, -0.2) is 31.3 Å². The highest BCUT2D eigenvalue weighted by Gasteiger charge is 2.20. The van der Waals surface area contributed by atoms with Gasteiger partial charge in [0, 0.05) is 24.5 Å². The minimum Gasteiger partial charge on any atom is -0.349 e. The molecule has 0 radical (unpaired) electrons. The van der Waals surface area contributed by atoms with Gasteiger partial charge in [0.05, 0.1) is 6.42 Å². The average molecular weight is 420 g/mol. The molecule has 0 amide bonds. The van der Waals surface area contributed by atoms with Crippen molar-refractivity contribution in [2.24, 2.45) is 0 Å². The predicted octanol–water partition coefficient (Wildman–Crippen LogP) is 3.98. The van der Waals surface area contributed by atoms with E-state index in [-0.39, 0.29) is 29.7 Å². The fraction of sp³-hybridized carbons (Fsp3) is 0.130. The molecular formula is C23H18F2N4O2. The number of rotatable bonds is 8. The summed E-state index contributed by atoms with van der Waals surface area (Å²) >= 11 is 0. The maximum Gasteiger partial charge on any atom is 0.207 e. The fourth-order valence-electron chi connectivity index (χ4n) is 3.33. The maximum atomic E-state index is 13.2. The van der Waals surface area contributed by atoms with E-state index in [1.54, 1.807) is 30.5 Å². The van der Waals surface area contributed by atoms with E-state index in [9.17, 15) is 18.4 Å². The zero-order chi connectivity index (χ0) is 21.8. The number of aromatic nitrogens is 4. The topological polar surface area (TPSA) is 80.6 Å². The molecule has 2 aromatic heterocycles. The van der Waals surface area contributed by atoms with Crippen molar-refractivity contribution >= 4 is 11.6 Å². The Morgan fingerprint density at radius 3 is 2.13 bits per heavy atom. The molecular weight excluding hydrogens is 402 g/mol. The minimum absolute atomic E-state index is 0.0270. The molecule has 6 nitrogen and oxygen atoms in total. The number of hydrogen-bond donors (Lipinski definition) is 1. The molecule has 0 bridgehead atoms. The summed E-state index contributed by atoms with van der Waals surface area (Å²) in [5, 5.41) is 6.09. The summed E-state index contributed by atoms with van der Waals surface area (Å²) in [4.78, 5) is 29.0. The summed E-state index contributed by atoms with van der Waals surface area (Å²) in [6, 6.07) is 12.1. The van der Waals surface area contributed by atoms with Crippen LogP contribution in [0.25, 0.3) is 0 Å². The van der Waals surface area contributed by atoms with E-state index >= 15 is 0 Å². The smallest absolute Gasteiger partial charge is 0.207 e. The summed E-state index contributed by atoms with van der Waals surface area (Å²) in [6.45, 7) is 0.431. The van der Waals surface area contributed by atoms with Gasteiger partial charge in [-0.2, -0.15) is 5.10 Å². The molecule has 0 spiro atoms. The molecule has 0 aliphatic heterocycles. The summed E-state index contributed by atoms with van der Waals surface area (Å²) in [5.41, 5.74) is 2.81. The monoisotopic (exact) mass is 420 g/mol. The number of carbonyl (C=O) groups excluding carboxylic acids is 2. The van der Waals surface area contributed by atoms with Crippen molar-refractivity contribution in [1.82, 2.24) is 19.7 Å². The molecule has 0 aliphatic rings. The lowest BCUT2D eigenvalue weighted by atomic mass is 9.99. The van der Waals surface area contributed by atoms with Crippen LogP contribution in [0.3, 0.4) is 0 Å². The second-order valence-electron chi connectivity index (χ2n) is 7.16. The largest absolute Gasteiger partial charge is 0.349 e. The Hall–Kier alpha value is -3.94. The number of benzene rings is 2. The first-order valence-electron chi connectivity index (χ1n) is 9.57. The fourth-order valence-corrected chi connectivity index (χ4v) is 3.33. The van der Waals surface area contributed by atoms with Gasteiger partial charge in [0.2, 0.25) is 5.78 Å². The third-order valence-electron chi connectivity index (χ3n) is 4.85. The van der Waals surface area contributed by atoms with E-state index in [1.165, 1.54) is 30.6 Å². The molecule has 8 heteroatoms. The second kappa shape index (κ2) is 8.83. The lowest BCUT2D eigenvalue weighted by Gasteiger charge is -2.03. The summed E-state index contributed by atoms with van der Waals surface area (Å²) in [6.07, 6.45) is 4.74. The number of hydrogen-bond acceptors (Lipinski definition) is 4. The van der Waals surface area contributed by atoms with E-state index < -0.39 is 5.78 Å². The van der Waals surface area contributed by atoms with Gasteiger partial charge in [-0.3, -0.25) is 14.7 Å². The molecule has 0 fully saturated rings. The molecule has 2 heterocycles. The first kappa shape index (κ1) is 20.3. The number of nitrogens with zero attached hydrogens (tertiary/aromatic N) is 3. The van der Waals surface area contributed by atoms with Gasteiger partial charge in [-0.1, -0.05) is 24.3 Å². The molecule has 2 aromatic carbocycles. The lowest BCUT2D eigenvalue weighted by Crippen LogP contribution is -2.11. The van der Waals surface area contributed by atoms with E-state index in [2.05, 4.69) is 15.2 Å². The van der Waals surface area contributed by atoms with Crippen molar-refractivity contribution < 1.29 is 18.4 Å². The molecule has 4 aromatic rings. The van der Waals surface area contributed by atoms with E-state index in [1.807, 2.05) is 10.8 Å². The van der Waals surface area contributed by atoms with Gasteiger partial charge >= 0.3 is 0 Å². The van der Waals surface area contributed by atoms with Crippen LogP contribution in [0, 0.1) is 11.6 Å². The molecule has 4 rings (SSSR count). The average Bonchev–Trinajstić information content (AvgIpc) is 3.42. The highest BCUT2D eigenvalue weighted by atomic mass is 19.1. The maximum absolute atomic E-state index is 13.2. The van der Waals surface area contributed by atoms with Crippen molar-refractivity contribution in [3.63, 3.8) is 0 Å². The Morgan fingerprint density at radius 2 is 1.52 bits per heavy atom. The first-order valence-corrected chi connectivity index (χ1v) is 9.57. The van der Waals surface area contributed by atoms with Crippen molar-refractivity contribution in [3.8, 4) is 0 Å². The van der Waals surface area contributed by atoms with Crippen LogP contribution in [0.5, 0.6) is 0 Å². The summed E-state index contributed by atoms with van der Waals surface area (Å²) < 4.78 is 28.3. The van der Waals surface area contributed by atoms with Gasteiger partial charge in [0.15, 0.2) is 11.6 Å². The van der Waals surface area contributed by atoms with Crippen LogP contribution in [-0.2, 0) is 13.0 Å². The molecule has 0 saturated carbocycles. The Kier molecular flexibility index (Phi) is 5.79. The molecule has 1 N–H and O–H groups in total. The number of aromatic amines is 1. The number of Topliss-reactive ketones (excluding diaryl/α,β-unsaturated/α-hetero) is 2. The van der Waals surface area contributed by atoms with E-state index in [0.717, 1.165) is 11.1 Å². The molecule has 0 saturated heterocycles. The predicted molar refractivity (Wildman–Crippen MR) is 109 cm³/mol. The Labute approximate surface area is 176 Å². The van der Waals surface area contributed by atoms with Crippen molar-refractivity contribution in [3.05, 3.63) is 107 Å². The summed E-state index contributed by atoms with van der Waals surface area (Å²) in [5.74, 6) is -1.45. The number of halogens is 2. The zero-order valence-corrected chi connectivity index (χ0v) is 16.4. The van der Waals surface area contributed by atoms with Crippen molar-refractivity contribution in [2.75, 3.05) is 0 Å². The Bertz CT molecular complexity index is 1200. The van der Waals surface area contributed by atoms with Crippen LogP contribution >= 0.6 is 0 Å². The number of nitrogens with one attached hydrogen (secondary N) is 1. The quantitative estimate of drug-likeness (QED) is 0.345. The van der Waals surface area contributed by atoms with Crippen molar-refractivity contribution in [2.45, 2.75) is 19.4 Å². The SMILES string of the molecule is O=C(CC(=O)c1cn(Cc2ccc(F)cc2)cc1Cc1ccc(F)cc1)c1ncn[nH]1. The highest BCUT2D eigenvalue weighted by Crippen LogP contribution is 2.20. The van der Waals surface area contributed by atoms with E-state index in [4.69, 9.17) is 0 Å². The molecule has 0 atom stereocenters. The Balaban J connectivity index is 1.61. The normalized spacial score (nSPS) is 10.9. The van der Waals surface area contributed by atoms with Crippen LogP contribution in [0.2, 0.25) is 0 Å². The molecule has 31 heavy (non-hydrogen) atoms. The van der Waals surface area contributed by atoms with E-state index in [0.29, 0.717) is 24.1 Å². The molecule has 156 valence electrons. The van der Waals surface area contributed by atoms with Crippen LogP contribution in [0.15, 0.2) is 67.3 Å². The van der Waals surface area contributed by atoms with Gasteiger partial charge < -0.3 is 4.57 Å². The third-order valence-corrected chi connectivity index (χ3v) is 4.85. The first-order chi connectivity index (χ1) is 15.0. The third kappa shape index (κ3) is 4.98. The van der Waals surface area contributed by atoms with Crippen LogP contribution in [0.1, 0.15) is 44.1 Å². The van der Waals surface area contributed by atoms with Gasteiger partial charge in [0.25, 0.3) is 0 Å². The highest BCUT2D eigenvalue weighted by molar-refractivity contribution is 6.12. The molecule has 0 unspecified atom stereocenters. The number of carbonyl (C=O) groups is 2. The van der Waals surface area contributed by atoms with Gasteiger partial charge in [-0.25, -0.2) is 13.8 Å².